The Bertz CT molecular complexity index is 570. The van der Waals surface area contributed by atoms with Gasteiger partial charge in [0.2, 0.25) is 5.91 Å². The molecule has 1 aromatic rings. The molecule has 1 saturated heterocycles. The number of hydrogen-bond acceptors (Lipinski definition) is 4. The van der Waals surface area contributed by atoms with Crippen LogP contribution >= 0.6 is 0 Å². The van der Waals surface area contributed by atoms with Crippen molar-refractivity contribution in [1.29, 1.82) is 0 Å². The molecule has 24 heavy (non-hydrogen) atoms. The molecule has 3 rings (SSSR count). The summed E-state index contributed by atoms with van der Waals surface area (Å²) in [5, 5.41) is 3.62. The molecule has 132 valence electrons. The van der Waals surface area contributed by atoms with E-state index in [1.807, 2.05) is 17.0 Å². The summed E-state index contributed by atoms with van der Waals surface area (Å²) in [4.78, 5) is 14.8. The third-order valence-corrected chi connectivity index (χ3v) is 5.12. The van der Waals surface area contributed by atoms with E-state index in [2.05, 4.69) is 18.3 Å². The number of rotatable bonds is 5. The van der Waals surface area contributed by atoms with Crippen LogP contribution in [0.4, 0.5) is 0 Å². The summed E-state index contributed by atoms with van der Waals surface area (Å²) in [7, 11) is 1.73. The highest BCUT2D eigenvalue weighted by Gasteiger charge is 2.29. The van der Waals surface area contributed by atoms with Crippen LogP contribution < -0.4 is 10.1 Å². The second-order valence-corrected chi connectivity index (χ2v) is 6.54. The number of amides is 1. The summed E-state index contributed by atoms with van der Waals surface area (Å²) in [5.41, 5.74) is 2.58. The Hall–Kier alpha value is -1.59. The molecule has 1 N–H and O–H groups in total. The molecule has 5 heteroatoms. The van der Waals surface area contributed by atoms with Crippen molar-refractivity contribution in [2.45, 2.75) is 44.7 Å². The number of nitrogens with one attached hydrogen (secondary N) is 1. The fourth-order valence-corrected chi connectivity index (χ4v) is 3.79. The molecule has 0 aromatic heterocycles. The van der Waals surface area contributed by atoms with E-state index >= 15 is 0 Å². The molecule has 2 atom stereocenters. The largest absolute Gasteiger partial charge is 0.496 e. The highest BCUT2D eigenvalue weighted by Crippen LogP contribution is 2.35. The van der Waals surface area contributed by atoms with E-state index in [4.69, 9.17) is 9.47 Å². The zero-order chi connectivity index (χ0) is 16.9. The van der Waals surface area contributed by atoms with Crippen molar-refractivity contribution in [1.82, 2.24) is 10.2 Å². The Morgan fingerprint density at radius 3 is 2.92 bits per heavy atom. The van der Waals surface area contributed by atoms with Crippen LogP contribution in [0.3, 0.4) is 0 Å². The zero-order valence-electron chi connectivity index (χ0n) is 14.7. The molecule has 1 aromatic carbocycles. The maximum Gasteiger partial charge on any atom is 0.239 e. The molecule has 1 aliphatic carbocycles. The Balaban J connectivity index is 1.74. The number of fused-ring (bicyclic) bond motifs is 1. The van der Waals surface area contributed by atoms with E-state index in [-0.39, 0.29) is 18.0 Å². The summed E-state index contributed by atoms with van der Waals surface area (Å²) in [5.74, 6) is 1.17. The average molecular weight is 332 g/mol. The van der Waals surface area contributed by atoms with Crippen molar-refractivity contribution in [2.75, 3.05) is 33.4 Å². The average Bonchev–Trinajstić information content (AvgIpc) is 2.65. The summed E-state index contributed by atoms with van der Waals surface area (Å²) < 4.78 is 10.9. The molecule has 1 heterocycles. The van der Waals surface area contributed by atoms with Crippen LogP contribution in [-0.4, -0.2) is 50.3 Å². The second-order valence-electron chi connectivity index (χ2n) is 6.54. The van der Waals surface area contributed by atoms with Gasteiger partial charge in [0.1, 0.15) is 5.75 Å². The lowest BCUT2D eigenvalue weighted by Gasteiger charge is -2.34. The minimum absolute atomic E-state index is 0.134. The first kappa shape index (κ1) is 17.2. The molecule has 1 aliphatic heterocycles. The molecule has 1 amide bonds. The van der Waals surface area contributed by atoms with Gasteiger partial charge in [0.05, 0.1) is 26.4 Å². The molecule has 0 saturated carbocycles. The Kier molecular flexibility index (Phi) is 5.74. The number of nitrogens with zero attached hydrogens (tertiary/aromatic N) is 1. The predicted octanol–water partition coefficient (Wildman–Crippen LogP) is 2.30. The molecular formula is C19H28N2O3. The van der Waals surface area contributed by atoms with Gasteiger partial charge in [0.15, 0.2) is 0 Å². The van der Waals surface area contributed by atoms with E-state index in [0.29, 0.717) is 26.3 Å². The number of carbonyl (C=O) groups excluding carboxylic acids is 1. The number of hydrogen-bond donors (Lipinski definition) is 1. The van der Waals surface area contributed by atoms with Crippen LogP contribution in [0.2, 0.25) is 0 Å². The lowest BCUT2D eigenvalue weighted by Crippen LogP contribution is -2.51. The smallest absolute Gasteiger partial charge is 0.239 e. The van der Waals surface area contributed by atoms with Gasteiger partial charge in [-0.2, -0.15) is 0 Å². The van der Waals surface area contributed by atoms with Gasteiger partial charge < -0.3 is 14.4 Å². The summed E-state index contributed by atoms with van der Waals surface area (Å²) in [6.07, 6.45) is 4.03. The van der Waals surface area contributed by atoms with Gasteiger partial charge in [-0.3, -0.25) is 10.1 Å². The maximum absolute atomic E-state index is 12.8. The van der Waals surface area contributed by atoms with Crippen LogP contribution in [0.25, 0.3) is 0 Å². The van der Waals surface area contributed by atoms with Crippen LogP contribution in [-0.2, 0) is 16.0 Å². The van der Waals surface area contributed by atoms with Crippen molar-refractivity contribution in [3.05, 3.63) is 29.3 Å². The number of ether oxygens (including phenoxy) is 2. The van der Waals surface area contributed by atoms with Crippen molar-refractivity contribution >= 4 is 5.91 Å². The fraction of sp³-hybridized carbons (Fsp3) is 0.632. The van der Waals surface area contributed by atoms with Crippen LogP contribution in [0.5, 0.6) is 5.75 Å². The Morgan fingerprint density at radius 1 is 1.42 bits per heavy atom. The highest BCUT2D eigenvalue weighted by atomic mass is 16.5. The first-order valence-electron chi connectivity index (χ1n) is 9.03. The molecular weight excluding hydrogens is 304 g/mol. The van der Waals surface area contributed by atoms with Crippen molar-refractivity contribution in [3.63, 3.8) is 0 Å². The first-order valence-corrected chi connectivity index (χ1v) is 9.03. The SMILES string of the molecule is CC[C@@H](N[C@H]1CCCc2c(OC)cccc21)C(=O)N1CCOCC1. The molecule has 0 radical (unpaired) electrons. The predicted molar refractivity (Wildman–Crippen MR) is 93.3 cm³/mol. The van der Waals surface area contributed by atoms with Gasteiger partial charge in [-0.15, -0.1) is 0 Å². The number of carbonyl (C=O) groups is 1. The number of morpholine rings is 1. The van der Waals surface area contributed by atoms with Gasteiger partial charge in [-0.25, -0.2) is 0 Å². The van der Waals surface area contributed by atoms with E-state index in [1.165, 1.54) is 11.1 Å². The quantitative estimate of drug-likeness (QED) is 0.899. The molecule has 0 unspecified atom stereocenters. The highest BCUT2D eigenvalue weighted by molar-refractivity contribution is 5.82. The van der Waals surface area contributed by atoms with Crippen molar-refractivity contribution < 1.29 is 14.3 Å². The summed E-state index contributed by atoms with van der Waals surface area (Å²) in [6, 6.07) is 6.32. The monoisotopic (exact) mass is 332 g/mol. The molecule has 2 aliphatic rings. The van der Waals surface area contributed by atoms with Crippen molar-refractivity contribution in [2.24, 2.45) is 0 Å². The van der Waals surface area contributed by atoms with Crippen LogP contribution in [0.1, 0.15) is 43.4 Å². The lowest BCUT2D eigenvalue weighted by atomic mass is 9.86. The summed E-state index contributed by atoms with van der Waals surface area (Å²) in [6.45, 7) is 4.76. The van der Waals surface area contributed by atoms with Gasteiger partial charge in [0, 0.05) is 19.1 Å². The van der Waals surface area contributed by atoms with Crippen LogP contribution in [0.15, 0.2) is 18.2 Å². The van der Waals surface area contributed by atoms with Crippen molar-refractivity contribution in [3.8, 4) is 5.75 Å². The summed E-state index contributed by atoms with van der Waals surface area (Å²) >= 11 is 0. The standard InChI is InChI=1S/C19H28N2O3/c1-3-16(19(22)21-10-12-24-13-11-21)20-17-8-4-7-15-14(17)6-5-9-18(15)23-2/h5-6,9,16-17,20H,3-4,7-8,10-13H2,1-2H3/t16-,17+/m1/s1. The molecule has 1 fully saturated rings. The molecule has 0 spiro atoms. The minimum Gasteiger partial charge on any atom is -0.496 e. The Morgan fingerprint density at radius 2 is 2.21 bits per heavy atom. The van der Waals surface area contributed by atoms with E-state index < -0.39 is 0 Å². The molecule has 0 bridgehead atoms. The number of methoxy groups -OCH3 is 1. The zero-order valence-corrected chi connectivity index (χ0v) is 14.7. The first-order chi connectivity index (χ1) is 11.7. The Labute approximate surface area is 144 Å². The third kappa shape index (κ3) is 3.57. The van der Waals surface area contributed by atoms with Gasteiger partial charge in [0.25, 0.3) is 0 Å². The van der Waals surface area contributed by atoms with Gasteiger partial charge in [-0.1, -0.05) is 19.1 Å². The maximum atomic E-state index is 12.8. The van der Waals surface area contributed by atoms with Gasteiger partial charge in [-0.05, 0) is 42.9 Å². The second kappa shape index (κ2) is 7.99. The fourth-order valence-electron chi connectivity index (χ4n) is 3.79. The van der Waals surface area contributed by atoms with E-state index in [0.717, 1.165) is 31.4 Å². The van der Waals surface area contributed by atoms with Gasteiger partial charge >= 0.3 is 0 Å². The molecule has 5 nitrogen and oxygen atoms in total. The topological polar surface area (TPSA) is 50.8 Å². The number of benzene rings is 1. The van der Waals surface area contributed by atoms with E-state index in [1.54, 1.807) is 7.11 Å². The normalized spacial score (nSPS) is 21.9. The minimum atomic E-state index is -0.134. The van der Waals surface area contributed by atoms with E-state index in [9.17, 15) is 4.79 Å². The van der Waals surface area contributed by atoms with Crippen LogP contribution in [0, 0.1) is 0 Å². The third-order valence-electron chi connectivity index (χ3n) is 5.12. The lowest BCUT2D eigenvalue weighted by molar-refractivity contribution is -0.137.